The predicted octanol–water partition coefficient (Wildman–Crippen LogP) is 5.57. The van der Waals surface area contributed by atoms with Crippen molar-refractivity contribution in [3.05, 3.63) is 48.5 Å². The minimum atomic E-state index is 0.747. The molecule has 0 aliphatic heterocycles. The SMILES string of the molecule is CCCOc1cccc2cc3c(OCCC)cccc3cc12. The van der Waals surface area contributed by atoms with E-state index in [1.807, 2.05) is 12.1 Å². The number of hydrogen-bond donors (Lipinski definition) is 0. The van der Waals surface area contributed by atoms with Gasteiger partial charge in [-0.3, -0.25) is 0 Å². The fraction of sp³-hybridized carbons (Fsp3) is 0.300. The molecule has 0 fully saturated rings. The second kappa shape index (κ2) is 6.69. The van der Waals surface area contributed by atoms with Gasteiger partial charge in [0.25, 0.3) is 0 Å². The summed E-state index contributed by atoms with van der Waals surface area (Å²) in [6, 6.07) is 16.9. The van der Waals surface area contributed by atoms with E-state index >= 15 is 0 Å². The maximum absolute atomic E-state index is 5.88. The first-order chi connectivity index (χ1) is 10.8. The highest BCUT2D eigenvalue weighted by atomic mass is 16.5. The van der Waals surface area contributed by atoms with E-state index in [-0.39, 0.29) is 0 Å². The lowest BCUT2D eigenvalue weighted by Crippen LogP contribution is -1.97. The molecule has 0 unspecified atom stereocenters. The van der Waals surface area contributed by atoms with Crippen LogP contribution in [0, 0.1) is 0 Å². The molecule has 0 atom stereocenters. The van der Waals surface area contributed by atoms with Gasteiger partial charge in [0.05, 0.1) is 13.2 Å². The molecule has 0 heterocycles. The zero-order valence-electron chi connectivity index (χ0n) is 13.3. The van der Waals surface area contributed by atoms with Crippen LogP contribution in [0.3, 0.4) is 0 Å². The van der Waals surface area contributed by atoms with E-state index in [1.165, 1.54) is 10.8 Å². The van der Waals surface area contributed by atoms with Gasteiger partial charge in [0.1, 0.15) is 11.5 Å². The van der Waals surface area contributed by atoms with Crippen LogP contribution in [0.4, 0.5) is 0 Å². The van der Waals surface area contributed by atoms with Gasteiger partial charge in [0, 0.05) is 10.8 Å². The van der Waals surface area contributed by atoms with Gasteiger partial charge in [0.2, 0.25) is 0 Å². The molecule has 0 radical (unpaired) electrons. The summed E-state index contributed by atoms with van der Waals surface area (Å²) in [5, 5.41) is 4.70. The van der Waals surface area contributed by atoms with Crippen molar-refractivity contribution in [2.45, 2.75) is 26.7 Å². The number of rotatable bonds is 6. The van der Waals surface area contributed by atoms with Gasteiger partial charge in [-0.25, -0.2) is 0 Å². The molecule has 3 aromatic rings. The molecular formula is C20H22O2. The second-order valence-corrected chi connectivity index (χ2v) is 5.50. The van der Waals surface area contributed by atoms with Crippen LogP contribution in [0.1, 0.15) is 26.7 Å². The summed E-state index contributed by atoms with van der Waals surface area (Å²) < 4.78 is 11.8. The molecule has 3 aromatic carbocycles. The first kappa shape index (κ1) is 14.7. The zero-order valence-corrected chi connectivity index (χ0v) is 13.3. The van der Waals surface area contributed by atoms with Crippen molar-refractivity contribution in [3.63, 3.8) is 0 Å². The highest BCUT2D eigenvalue weighted by molar-refractivity contribution is 6.03. The van der Waals surface area contributed by atoms with Crippen molar-refractivity contribution >= 4 is 21.5 Å². The average molecular weight is 294 g/mol. The summed E-state index contributed by atoms with van der Waals surface area (Å²) in [6.07, 6.45) is 2.03. The van der Waals surface area contributed by atoms with E-state index in [1.54, 1.807) is 0 Å². The second-order valence-electron chi connectivity index (χ2n) is 5.50. The molecule has 0 aromatic heterocycles. The van der Waals surface area contributed by atoms with Crippen LogP contribution in [-0.4, -0.2) is 13.2 Å². The summed E-state index contributed by atoms with van der Waals surface area (Å²) in [4.78, 5) is 0. The van der Waals surface area contributed by atoms with E-state index in [4.69, 9.17) is 9.47 Å². The standard InChI is InChI=1S/C20H22O2/c1-3-11-21-19-9-5-7-15-14-18-16(13-17(15)19)8-6-10-20(18)22-12-4-2/h5-10,13-14H,3-4,11-12H2,1-2H3. The summed E-state index contributed by atoms with van der Waals surface area (Å²) in [6.45, 7) is 5.74. The summed E-state index contributed by atoms with van der Waals surface area (Å²) in [7, 11) is 0. The van der Waals surface area contributed by atoms with E-state index in [9.17, 15) is 0 Å². The molecule has 22 heavy (non-hydrogen) atoms. The summed E-state index contributed by atoms with van der Waals surface area (Å²) in [5.74, 6) is 1.92. The lowest BCUT2D eigenvalue weighted by Gasteiger charge is -2.12. The highest BCUT2D eigenvalue weighted by Crippen LogP contribution is 2.34. The Morgan fingerprint density at radius 3 is 1.55 bits per heavy atom. The Labute approximate surface area is 131 Å². The third-order valence-corrected chi connectivity index (χ3v) is 3.72. The molecule has 0 bridgehead atoms. The van der Waals surface area contributed by atoms with Crippen molar-refractivity contribution in [2.75, 3.05) is 13.2 Å². The van der Waals surface area contributed by atoms with Crippen LogP contribution in [0.15, 0.2) is 48.5 Å². The Morgan fingerprint density at radius 2 is 1.14 bits per heavy atom. The van der Waals surface area contributed by atoms with Crippen molar-refractivity contribution < 1.29 is 9.47 Å². The zero-order chi connectivity index (χ0) is 15.4. The number of hydrogen-bond acceptors (Lipinski definition) is 2. The number of fused-ring (bicyclic) bond motifs is 2. The maximum Gasteiger partial charge on any atom is 0.127 e. The third kappa shape index (κ3) is 2.87. The quantitative estimate of drug-likeness (QED) is 0.553. The average Bonchev–Trinajstić information content (AvgIpc) is 2.56. The fourth-order valence-electron chi connectivity index (χ4n) is 2.67. The molecule has 0 amide bonds. The van der Waals surface area contributed by atoms with Crippen LogP contribution in [0.5, 0.6) is 11.5 Å². The van der Waals surface area contributed by atoms with Crippen LogP contribution in [0.2, 0.25) is 0 Å². The number of ether oxygens (including phenoxy) is 2. The normalized spacial score (nSPS) is 11.0. The maximum atomic E-state index is 5.88. The van der Waals surface area contributed by atoms with Gasteiger partial charge < -0.3 is 9.47 Å². The van der Waals surface area contributed by atoms with E-state index in [0.717, 1.165) is 48.3 Å². The van der Waals surface area contributed by atoms with Gasteiger partial charge in [0.15, 0.2) is 0 Å². The third-order valence-electron chi connectivity index (χ3n) is 3.72. The highest BCUT2D eigenvalue weighted by Gasteiger charge is 2.07. The summed E-state index contributed by atoms with van der Waals surface area (Å²) >= 11 is 0. The lowest BCUT2D eigenvalue weighted by molar-refractivity contribution is 0.320. The predicted molar refractivity (Wildman–Crippen MR) is 93.0 cm³/mol. The first-order valence-corrected chi connectivity index (χ1v) is 8.04. The molecule has 0 aliphatic carbocycles. The van der Waals surface area contributed by atoms with E-state index < -0.39 is 0 Å². The van der Waals surface area contributed by atoms with Crippen molar-refractivity contribution in [1.29, 1.82) is 0 Å². The van der Waals surface area contributed by atoms with E-state index in [0.29, 0.717) is 0 Å². The Hall–Kier alpha value is -2.22. The molecule has 0 aliphatic rings. The van der Waals surface area contributed by atoms with Crippen LogP contribution in [-0.2, 0) is 0 Å². The molecule has 0 spiro atoms. The Kier molecular flexibility index (Phi) is 4.47. The van der Waals surface area contributed by atoms with Crippen molar-refractivity contribution in [2.24, 2.45) is 0 Å². The van der Waals surface area contributed by atoms with Crippen LogP contribution >= 0.6 is 0 Å². The Balaban J connectivity index is 2.13. The molecule has 0 saturated heterocycles. The van der Waals surface area contributed by atoms with Crippen LogP contribution < -0.4 is 9.47 Å². The molecule has 3 rings (SSSR count). The van der Waals surface area contributed by atoms with Gasteiger partial charge in [-0.2, -0.15) is 0 Å². The van der Waals surface area contributed by atoms with Crippen molar-refractivity contribution in [1.82, 2.24) is 0 Å². The topological polar surface area (TPSA) is 18.5 Å². The smallest absolute Gasteiger partial charge is 0.127 e. The van der Waals surface area contributed by atoms with Gasteiger partial charge >= 0.3 is 0 Å². The summed E-state index contributed by atoms with van der Waals surface area (Å²) in [5.41, 5.74) is 0. The molecule has 0 N–H and O–H groups in total. The Morgan fingerprint density at radius 1 is 0.682 bits per heavy atom. The monoisotopic (exact) mass is 294 g/mol. The minimum absolute atomic E-state index is 0.747. The molecular weight excluding hydrogens is 272 g/mol. The van der Waals surface area contributed by atoms with E-state index in [2.05, 4.69) is 50.2 Å². The molecule has 2 heteroatoms. The van der Waals surface area contributed by atoms with Gasteiger partial charge in [-0.1, -0.05) is 38.1 Å². The largest absolute Gasteiger partial charge is 0.493 e. The molecule has 0 saturated carbocycles. The van der Waals surface area contributed by atoms with Crippen LogP contribution in [0.25, 0.3) is 21.5 Å². The Bertz CT molecular complexity index is 710. The molecule has 2 nitrogen and oxygen atoms in total. The lowest BCUT2D eigenvalue weighted by atomic mass is 10.0. The minimum Gasteiger partial charge on any atom is -0.493 e. The van der Waals surface area contributed by atoms with Gasteiger partial charge in [-0.15, -0.1) is 0 Å². The van der Waals surface area contributed by atoms with Gasteiger partial charge in [-0.05, 0) is 47.9 Å². The molecule has 114 valence electrons. The fourth-order valence-corrected chi connectivity index (χ4v) is 2.67. The number of benzene rings is 3. The van der Waals surface area contributed by atoms with Crippen molar-refractivity contribution in [3.8, 4) is 11.5 Å². The first-order valence-electron chi connectivity index (χ1n) is 8.04.